The molecule has 1 aromatic rings. The average Bonchev–Trinajstić information content (AvgIpc) is 2.79. The monoisotopic (exact) mass is 317 g/mol. The average molecular weight is 317 g/mol. The second kappa shape index (κ2) is 7.67. The maximum absolute atomic E-state index is 13.3. The zero-order valence-electron chi connectivity index (χ0n) is 13.6. The highest BCUT2D eigenvalue weighted by molar-refractivity contribution is 5.95. The van der Waals surface area contributed by atoms with Crippen LogP contribution in [0.5, 0.6) is 0 Å². The van der Waals surface area contributed by atoms with Crippen molar-refractivity contribution in [2.75, 3.05) is 13.2 Å². The lowest BCUT2D eigenvalue weighted by Crippen LogP contribution is -2.35. The highest BCUT2D eigenvalue weighted by atomic mass is 19.3. The second-order valence-corrected chi connectivity index (χ2v) is 6.64. The van der Waals surface area contributed by atoms with Crippen molar-refractivity contribution in [3.05, 3.63) is 17.5 Å². The van der Waals surface area contributed by atoms with Crippen LogP contribution >= 0.6 is 0 Å². The summed E-state index contributed by atoms with van der Waals surface area (Å²) in [6, 6.07) is 0. The Labute approximate surface area is 129 Å². The van der Waals surface area contributed by atoms with Crippen LogP contribution < -0.4 is 5.32 Å². The number of aliphatic hydroxyl groups excluding tert-OH is 1. The number of nitrogens with one attached hydrogen (secondary N) is 1. The van der Waals surface area contributed by atoms with Crippen molar-refractivity contribution in [1.82, 2.24) is 15.1 Å². The van der Waals surface area contributed by atoms with E-state index in [1.807, 2.05) is 27.7 Å². The first-order valence-electron chi connectivity index (χ1n) is 7.41. The molecule has 0 radical (unpaired) electrons. The molecular formula is C15H25F2N3O2. The number of halogens is 2. The second-order valence-electron chi connectivity index (χ2n) is 6.64. The van der Waals surface area contributed by atoms with E-state index in [0.717, 1.165) is 0 Å². The predicted molar refractivity (Wildman–Crippen MR) is 79.8 cm³/mol. The molecule has 0 saturated heterocycles. The lowest BCUT2D eigenvalue weighted by Gasteiger charge is -2.23. The number of alkyl halides is 2. The third-order valence-electron chi connectivity index (χ3n) is 3.39. The minimum absolute atomic E-state index is 0.0114. The van der Waals surface area contributed by atoms with E-state index < -0.39 is 12.3 Å². The van der Waals surface area contributed by atoms with Crippen LogP contribution in [0, 0.1) is 11.3 Å². The van der Waals surface area contributed by atoms with Gasteiger partial charge in [0.05, 0.1) is 11.8 Å². The maximum atomic E-state index is 13.3. The van der Waals surface area contributed by atoms with E-state index in [-0.39, 0.29) is 29.2 Å². The van der Waals surface area contributed by atoms with E-state index in [1.54, 1.807) is 0 Å². The standard InChI is InChI=1S/C15H25F2N3O2/c1-10(2)8-20-12(13(16)17)11(7-19-20)14(22)18-9-15(3,4)5-6-21/h7,10,13,21H,5-6,8-9H2,1-4H3,(H,18,22). The van der Waals surface area contributed by atoms with Crippen molar-refractivity contribution < 1.29 is 18.7 Å². The van der Waals surface area contributed by atoms with E-state index >= 15 is 0 Å². The van der Waals surface area contributed by atoms with Crippen LogP contribution in [0.2, 0.25) is 0 Å². The molecule has 1 amide bonds. The zero-order valence-corrected chi connectivity index (χ0v) is 13.6. The minimum Gasteiger partial charge on any atom is -0.396 e. The fraction of sp³-hybridized carbons (Fsp3) is 0.733. The van der Waals surface area contributed by atoms with Gasteiger partial charge in [-0.25, -0.2) is 8.78 Å². The van der Waals surface area contributed by atoms with E-state index in [2.05, 4.69) is 10.4 Å². The topological polar surface area (TPSA) is 67.2 Å². The Morgan fingerprint density at radius 1 is 1.45 bits per heavy atom. The fourth-order valence-electron chi connectivity index (χ4n) is 2.10. The van der Waals surface area contributed by atoms with E-state index in [0.29, 0.717) is 19.5 Å². The van der Waals surface area contributed by atoms with Crippen molar-refractivity contribution in [3.63, 3.8) is 0 Å². The van der Waals surface area contributed by atoms with Gasteiger partial charge in [-0.15, -0.1) is 0 Å². The summed E-state index contributed by atoms with van der Waals surface area (Å²) in [7, 11) is 0. The molecule has 2 N–H and O–H groups in total. The summed E-state index contributed by atoms with van der Waals surface area (Å²) >= 11 is 0. The first-order valence-corrected chi connectivity index (χ1v) is 7.41. The van der Waals surface area contributed by atoms with E-state index in [1.165, 1.54) is 10.9 Å². The number of amides is 1. The minimum atomic E-state index is -2.76. The third-order valence-corrected chi connectivity index (χ3v) is 3.39. The Morgan fingerprint density at radius 3 is 2.59 bits per heavy atom. The normalized spacial score (nSPS) is 12.2. The molecule has 0 aromatic carbocycles. The van der Waals surface area contributed by atoms with Crippen molar-refractivity contribution in [1.29, 1.82) is 0 Å². The lowest BCUT2D eigenvalue weighted by molar-refractivity contribution is 0.0910. The summed E-state index contributed by atoms with van der Waals surface area (Å²) < 4.78 is 27.7. The van der Waals surface area contributed by atoms with Crippen molar-refractivity contribution in [2.45, 2.75) is 47.1 Å². The van der Waals surface area contributed by atoms with Gasteiger partial charge in [-0.1, -0.05) is 27.7 Å². The van der Waals surface area contributed by atoms with Gasteiger partial charge in [0.15, 0.2) is 0 Å². The van der Waals surface area contributed by atoms with Crippen LogP contribution in [-0.2, 0) is 6.54 Å². The van der Waals surface area contributed by atoms with Gasteiger partial charge in [0.2, 0.25) is 0 Å². The highest BCUT2D eigenvalue weighted by Gasteiger charge is 2.26. The van der Waals surface area contributed by atoms with Crippen molar-refractivity contribution in [3.8, 4) is 0 Å². The molecule has 22 heavy (non-hydrogen) atoms. The number of rotatable bonds is 8. The van der Waals surface area contributed by atoms with Gasteiger partial charge < -0.3 is 10.4 Å². The quantitative estimate of drug-likeness (QED) is 0.774. The highest BCUT2D eigenvalue weighted by Crippen LogP contribution is 2.24. The Balaban J connectivity index is 2.87. The van der Waals surface area contributed by atoms with Gasteiger partial charge in [-0.2, -0.15) is 5.10 Å². The van der Waals surface area contributed by atoms with E-state index in [4.69, 9.17) is 5.11 Å². The Hall–Kier alpha value is -1.50. The molecular weight excluding hydrogens is 292 g/mol. The molecule has 0 fully saturated rings. The van der Waals surface area contributed by atoms with Crippen LogP contribution in [-0.4, -0.2) is 33.9 Å². The van der Waals surface area contributed by atoms with Crippen molar-refractivity contribution >= 4 is 5.91 Å². The summed E-state index contributed by atoms with van der Waals surface area (Å²) in [5, 5.41) is 15.5. The molecule has 0 saturated carbocycles. The number of nitrogens with zero attached hydrogens (tertiary/aromatic N) is 2. The first kappa shape index (κ1) is 18.5. The molecule has 0 bridgehead atoms. The molecule has 0 atom stereocenters. The largest absolute Gasteiger partial charge is 0.396 e. The van der Waals surface area contributed by atoms with Crippen LogP contribution in [0.1, 0.15) is 56.6 Å². The van der Waals surface area contributed by atoms with Crippen LogP contribution in [0.25, 0.3) is 0 Å². The van der Waals surface area contributed by atoms with Gasteiger partial charge in [-0.05, 0) is 17.8 Å². The fourth-order valence-corrected chi connectivity index (χ4v) is 2.10. The Kier molecular flexibility index (Phi) is 6.47. The molecule has 7 heteroatoms. The van der Waals surface area contributed by atoms with Crippen LogP contribution in [0.15, 0.2) is 6.20 Å². The van der Waals surface area contributed by atoms with Crippen LogP contribution in [0.4, 0.5) is 8.78 Å². The molecule has 0 spiro atoms. The Bertz CT molecular complexity index is 499. The van der Waals surface area contributed by atoms with E-state index in [9.17, 15) is 13.6 Å². The van der Waals surface area contributed by atoms with Gasteiger partial charge in [0, 0.05) is 19.7 Å². The predicted octanol–water partition coefficient (Wildman–Crippen LogP) is 2.62. The summed E-state index contributed by atoms with van der Waals surface area (Å²) in [4.78, 5) is 12.2. The molecule has 126 valence electrons. The number of hydrogen-bond donors (Lipinski definition) is 2. The first-order chi connectivity index (χ1) is 10.2. The van der Waals surface area contributed by atoms with Crippen LogP contribution in [0.3, 0.4) is 0 Å². The third kappa shape index (κ3) is 5.05. The molecule has 1 rings (SSSR count). The van der Waals surface area contributed by atoms with Gasteiger partial charge >= 0.3 is 0 Å². The lowest BCUT2D eigenvalue weighted by atomic mass is 9.89. The molecule has 0 aliphatic rings. The number of aliphatic hydroxyl groups is 1. The summed E-state index contributed by atoms with van der Waals surface area (Å²) in [6.45, 7) is 8.21. The van der Waals surface area contributed by atoms with Crippen molar-refractivity contribution in [2.24, 2.45) is 11.3 Å². The molecule has 1 aromatic heterocycles. The smallest absolute Gasteiger partial charge is 0.280 e. The number of aromatic nitrogens is 2. The molecule has 0 aliphatic heterocycles. The molecule has 5 nitrogen and oxygen atoms in total. The number of hydrogen-bond acceptors (Lipinski definition) is 3. The summed E-state index contributed by atoms with van der Waals surface area (Å²) in [5.74, 6) is -0.409. The number of carbonyl (C=O) groups excluding carboxylic acids is 1. The Morgan fingerprint density at radius 2 is 2.09 bits per heavy atom. The van der Waals surface area contributed by atoms with Gasteiger partial charge in [0.25, 0.3) is 12.3 Å². The SMILES string of the molecule is CC(C)Cn1ncc(C(=O)NCC(C)(C)CCO)c1C(F)F. The van der Waals surface area contributed by atoms with Gasteiger partial charge in [-0.3, -0.25) is 9.48 Å². The summed E-state index contributed by atoms with van der Waals surface area (Å²) in [6.07, 6.45) is -1.05. The maximum Gasteiger partial charge on any atom is 0.280 e. The molecule has 0 unspecified atom stereocenters. The summed E-state index contributed by atoms with van der Waals surface area (Å²) in [5.41, 5.74) is -0.731. The molecule has 0 aliphatic carbocycles. The zero-order chi connectivity index (χ0) is 16.9. The van der Waals surface area contributed by atoms with Gasteiger partial charge in [0.1, 0.15) is 5.69 Å². The molecule has 1 heterocycles. The number of carbonyl (C=O) groups is 1.